The van der Waals surface area contributed by atoms with Gasteiger partial charge in [0.05, 0.1) is 12.2 Å². The van der Waals surface area contributed by atoms with Crippen molar-refractivity contribution < 1.29 is 0 Å². The molecule has 2 aromatic heterocycles. The highest BCUT2D eigenvalue weighted by atomic mass is 15.4. The molecule has 0 aliphatic rings. The summed E-state index contributed by atoms with van der Waals surface area (Å²) in [6, 6.07) is 12.1. The molecule has 0 spiro atoms. The van der Waals surface area contributed by atoms with Crippen LogP contribution in [0.3, 0.4) is 0 Å². The van der Waals surface area contributed by atoms with Crippen LogP contribution < -0.4 is 5.32 Å². The number of hydrogen-bond acceptors (Lipinski definition) is 4. The Morgan fingerprint density at radius 1 is 1.11 bits per heavy atom. The van der Waals surface area contributed by atoms with Crippen LogP contribution in [-0.4, -0.2) is 26.9 Å². The van der Waals surface area contributed by atoms with E-state index >= 15 is 0 Å². The number of aryl methyl sites for hydroxylation is 1. The Morgan fingerprint density at radius 2 is 1.95 bits per heavy atom. The normalized spacial score (nSPS) is 11.1. The predicted octanol–water partition coefficient (Wildman–Crippen LogP) is 1.82. The number of hydrogen-bond donors (Lipinski definition) is 1. The molecule has 0 fully saturated rings. The van der Waals surface area contributed by atoms with E-state index in [9.17, 15) is 0 Å². The summed E-state index contributed by atoms with van der Waals surface area (Å²) in [5, 5.41) is 15.9. The first-order valence-corrected chi connectivity index (χ1v) is 6.21. The van der Waals surface area contributed by atoms with Gasteiger partial charge in [-0.15, -0.1) is 10.2 Å². The van der Waals surface area contributed by atoms with Gasteiger partial charge in [0, 0.05) is 5.56 Å². The highest BCUT2D eigenvalue weighted by Gasteiger charge is 2.08. The highest BCUT2D eigenvalue weighted by molar-refractivity contribution is 5.63. The van der Waals surface area contributed by atoms with Gasteiger partial charge < -0.3 is 5.32 Å². The van der Waals surface area contributed by atoms with Crippen molar-refractivity contribution in [1.29, 1.82) is 0 Å². The SMILES string of the molecule is CNCc1nnc2ccc(-c3ccccc3C)nn12. The predicted molar refractivity (Wildman–Crippen MR) is 73.7 cm³/mol. The van der Waals surface area contributed by atoms with Crippen LogP contribution >= 0.6 is 0 Å². The van der Waals surface area contributed by atoms with Crippen molar-refractivity contribution >= 4 is 5.65 Å². The lowest BCUT2D eigenvalue weighted by molar-refractivity contribution is 0.719. The zero-order chi connectivity index (χ0) is 13.2. The van der Waals surface area contributed by atoms with Crippen LogP contribution in [-0.2, 0) is 6.54 Å². The largest absolute Gasteiger partial charge is 0.313 e. The second-order valence-electron chi connectivity index (χ2n) is 4.45. The fourth-order valence-corrected chi connectivity index (χ4v) is 2.11. The lowest BCUT2D eigenvalue weighted by Crippen LogP contribution is -2.10. The van der Waals surface area contributed by atoms with Gasteiger partial charge in [0.2, 0.25) is 0 Å². The minimum absolute atomic E-state index is 0.644. The molecule has 1 N–H and O–H groups in total. The van der Waals surface area contributed by atoms with Gasteiger partial charge in [0.1, 0.15) is 0 Å². The van der Waals surface area contributed by atoms with Crippen molar-refractivity contribution in [3.05, 3.63) is 47.8 Å². The second kappa shape index (κ2) is 4.78. The number of rotatable bonds is 3. The van der Waals surface area contributed by atoms with E-state index in [2.05, 4.69) is 39.7 Å². The third kappa shape index (κ3) is 2.08. The average Bonchev–Trinajstić information content (AvgIpc) is 2.82. The molecule has 0 amide bonds. The summed E-state index contributed by atoms with van der Waals surface area (Å²) < 4.78 is 1.79. The number of fused-ring (bicyclic) bond motifs is 1. The van der Waals surface area contributed by atoms with E-state index in [0.717, 1.165) is 22.7 Å². The molecule has 3 rings (SSSR count). The Morgan fingerprint density at radius 3 is 2.74 bits per heavy atom. The van der Waals surface area contributed by atoms with Crippen LogP contribution in [0.5, 0.6) is 0 Å². The molecular formula is C14H15N5. The maximum Gasteiger partial charge on any atom is 0.177 e. The molecule has 5 nitrogen and oxygen atoms in total. The summed E-state index contributed by atoms with van der Waals surface area (Å²) >= 11 is 0. The van der Waals surface area contributed by atoms with Crippen molar-refractivity contribution in [2.45, 2.75) is 13.5 Å². The molecule has 0 saturated carbocycles. The zero-order valence-corrected chi connectivity index (χ0v) is 11.0. The lowest BCUT2D eigenvalue weighted by atomic mass is 10.1. The van der Waals surface area contributed by atoms with Gasteiger partial charge in [-0.25, -0.2) is 0 Å². The van der Waals surface area contributed by atoms with Crippen LogP contribution in [0, 0.1) is 6.92 Å². The number of nitrogens with one attached hydrogen (secondary N) is 1. The van der Waals surface area contributed by atoms with Crippen molar-refractivity contribution in [3.8, 4) is 11.3 Å². The minimum Gasteiger partial charge on any atom is -0.313 e. The molecule has 0 aliphatic carbocycles. The van der Waals surface area contributed by atoms with Gasteiger partial charge in [-0.05, 0) is 31.7 Å². The second-order valence-corrected chi connectivity index (χ2v) is 4.45. The molecule has 5 heteroatoms. The average molecular weight is 253 g/mol. The van der Waals surface area contributed by atoms with E-state index in [0.29, 0.717) is 6.54 Å². The van der Waals surface area contributed by atoms with E-state index < -0.39 is 0 Å². The maximum atomic E-state index is 4.64. The van der Waals surface area contributed by atoms with E-state index in [1.165, 1.54) is 5.56 Å². The molecule has 96 valence electrons. The Kier molecular flexibility index (Phi) is 2.97. The van der Waals surface area contributed by atoms with Crippen molar-refractivity contribution in [3.63, 3.8) is 0 Å². The van der Waals surface area contributed by atoms with Crippen molar-refractivity contribution in [1.82, 2.24) is 25.1 Å². The molecule has 0 atom stereocenters. The van der Waals surface area contributed by atoms with Crippen LogP contribution in [0.2, 0.25) is 0 Å². The summed E-state index contributed by atoms with van der Waals surface area (Å²) in [5.41, 5.74) is 4.04. The summed E-state index contributed by atoms with van der Waals surface area (Å²) in [4.78, 5) is 0. The lowest BCUT2D eigenvalue weighted by Gasteiger charge is -2.05. The quantitative estimate of drug-likeness (QED) is 0.773. The van der Waals surface area contributed by atoms with Crippen LogP contribution in [0.15, 0.2) is 36.4 Å². The van der Waals surface area contributed by atoms with Gasteiger partial charge in [0.15, 0.2) is 11.5 Å². The van der Waals surface area contributed by atoms with Crippen LogP contribution in [0.4, 0.5) is 0 Å². The maximum absolute atomic E-state index is 4.64. The molecule has 1 aromatic carbocycles. The standard InChI is InChI=1S/C14H15N5/c1-10-5-3-4-6-11(10)12-7-8-13-16-17-14(9-15-2)19(13)18-12/h3-8,15H,9H2,1-2H3. The van der Waals surface area contributed by atoms with Gasteiger partial charge in [-0.3, -0.25) is 0 Å². The van der Waals surface area contributed by atoms with E-state index in [4.69, 9.17) is 0 Å². The first-order valence-electron chi connectivity index (χ1n) is 6.21. The Balaban J connectivity index is 2.15. The topological polar surface area (TPSA) is 55.1 Å². The van der Waals surface area contributed by atoms with Gasteiger partial charge >= 0.3 is 0 Å². The molecule has 0 saturated heterocycles. The molecule has 0 aliphatic heterocycles. The van der Waals surface area contributed by atoms with Crippen LogP contribution in [0.1, 0.15) is 11.4 Å². The summed E-state index contributed by atoms with van der Waals surface area (Å²) in [7, 11) is 1.88. The van der Waals surface area contributed by atoms with Crippen molar-refractivity contribution in [2.24, 2.45) is 0 Å². The fraction of sp³-hybridized carbons (Fsp3) is 0.214. The zero-order valence-electron chi connectivity index (χ0n) is 11.0. The van der Waals surface area contributed by atoms with Gasteiger partial charge in [0.25, 0.3) is 0 Å². The minimum atomic E-state index is 0.644. The first kappa shape index (κ1) is 11.8. The summed E-state index contributed by atoms with van der Waals surface area (Å²) in [6.07, 6.45) is 0. The summed E-state index contributed by atoms with van der Waals surface area (Å²) in [5.74, 6) is 0.813. The Bertz CT molecular complexity index is 717. The Labute approximate surface area is 111 Å². The van der Waals surface area contributed by atoms with Crippen LogP contribution in [0.25, 0.3) is 16.9 Å². The van der Waals surface area contributed by atoms with E-state index in [1.807, 2.05) is 31.3 Å². The first-order chi connectivity index (χ1) is 9.29. The molecule has 0 radical (unpaired) electrons. The van der Waals surface area contributed by atoms with Gasteiger partial charge in [-0.2, -0.15) is 9.61 Å². The molecule has 0 bridgehead atoms. The number of nitrogens with zero attached hydrogens (tertiary/aromatic N) is 4. The smallest absolute Gasteiger partial charge is 0.177 e. The molecule has 19 heavy (non-hydrogen) atoms. The molecule has 0 unspecified atom stereocenters. The molecule has 2 heterocycles. The highest BCUT2D eigenvalue weighted by Crippen LogP contribution is 2.21. The fourth-order valence-electron chi connectivity index (χ4n) is 2.11. The monoisotopic (exact) mass is 253 g/mol. The van der Waals surface area contributed by atoms with E-state index in [-0.39, 0.29) is 0 Å². The summed E-state index contributed by atoms with van der Waals surface area (Å²) in [6.45, 7) is 2.73. The Hall–Kier alpha value is -2.27. The van der Waals surface area contributed by atoms with E-state index in [1.54, 1.807) is 4.52 Å². The molecule has 3 aromatic rings. The number of aromatic nitrogens is 4. The molecular weight excluding hydrogens is 238 g/mol. The van der Waals surface area contributed by atoms with Gasteiger partial charge in [-0.1, -0.05) is 24.3 Å². The third-order valence-electron chi connectivity index (χ3n) is 3.08. The van der Waals surface area contributed by atoms with Crippen molar-refractivity contribution in [2.75, 3.05) is 7.05 Å². The number of benzene rings is 1. The third-order valence-corrected chi connectivity index (χ3v) is 3.08.